The summed E-state index contributed by atoms with van der Waals surface area (Å²) in [5.74, 6) is 0.338. The molecular weight excluding hydrogens is 348 g/mol. The van der Waals surface area contributed by atoms with E-state index in [9.17, 15) is 9.90 Å². The minimum Gasteiger partial charge on any atom is -0.506 e. The van der Waals surface area contributed by atoms with Gasteiger partial charge in [0.2, 0.25) is 0 Å². The van der Waals surface area contributed by atoms with Gasteiger partial charge in [0, 0.05) is 5.56 Å². The van der Waals surface area contributed by atoms with Gasteiger partial charge in [0.05, 0.1) is 5.69 Å². The predicted molar refractivity (Wildman–Crippen MR) is 105 cm³/mol. The lowest BCUT2D eigenvalue weighted by Crippen LogP contribution is -2.33. The van der Waals surface area contributed by atoms with Crippen molar-refractivity contribution >= 4 is 28.9 Å². The SMILES string of the molecule is Cc1ccc(-c2ccc(C(=O)NC(=S)Nc3ccccc3O)o2)cc1C. The first kappa shape index (κ1) is 17.7. The highest BCUT2D eigenvalue weighted by atomic mass is 32.1. The molecule has 0 saturated heterocycles. The van der Waals surface area contributed by atoms with Gasteiger partial charge in [-0.2, -0.15) is 0 Å². The number of para-hydroxylation sites is 2. The average Bonchev–Trinajstić information content (AvgIpc) is 3.09. The van der Waals surface area contributed by atoms with Crippen molar-refractivity contribution in [2.45, 2.75) is 13.8 Å². The van der Waals surface area contributed by atoms with Crippen molar-refractivity contribution in [3.63, 3.8) is 0 Å². The van der Waals surface area contributed by atoms with E-state index >= 15 is 0 Å². The van der Waals surface area contributed by atoms with Gasteiger partial charge < -0.3 is 14.8 Å². The maximum absolute atomic E-state index is 12.3. The number of aryl methyl sites for hydroxylation is 2. The fraction of sp³-hybridized carbons (Fsp3) is 0.100. The van der Waals surface area contributed by atoms with Crippen LogP contribution in [0.15, 0.2) is 59.0 Å². The molecule has 26 heavy (non-hydrogen) atoms. The van der Waals surface area contributed by atoms with Crippen molar-refractivity contribution < 1.29 is 14.3 Å². The Labute approximate surface area is 156 Å². The topological polar surface area (TPSA) is 74.5 Å². The zero-order chi connectivity index (χ0) is 18.7. The maximum atomic E-state index is 12.3. The van der Waals surface area contributed by atoms with Crippen LogP contribution in [0.5, 0.6) is 5.75 Å². The van der Waals surface area contributed by atoms with Crippen LogP contribution < -0.4 is 10.6 Å². The number of furan rings is 1. The van der Waals surface area contributed by atoms with E-state index in [0.717, 1.165) is 11.1 Å². The third-order valence-electron chi connectivity index (χ3n) is 4.00. The summed E-state index contributed by atoms with van der Waals surface area (Å²) in [6.45, 7) is 4.07. The second-order valence-corrected chi connectivity index (χ2v) is 6.30. The van der Waals surface area contributed by atoms with Crippen molar-refractivity contribution in [2.75, 3.05) is 5.32 Å². The summed E-state index contributed by atoms with van der Waals surface area (Å²) in [6.07, 6.45) is 0. The first-order valence-corrected chi connectivity index (χ1v) is 8.42. The van der Waals surface area contributed by atoms with Crippen LogP contribution in [0.4, 0.5) is 5.69 Å². The van der Waals surface area contributed by atoms with E-state index in [1.165, 1.54) is 11.6 Å². The third kappa shape index (κ3) is 3.92. The second-order valence-electron chi connectivity index (χ2n) is 5.89. The molecule has 0 spiro atoms. The first-order valence-electron chi connectivity index (χ1n) is 8.02. The highest BCUT2D eigenvalue weighted by molar-refractivity contribution is 7.80. The molecule has 3 aromatic rings. The summed E-state index contributed by atoms with van der Waals surface area (Å²) in [5, 5.41) is 15.1. The van der Waals surface area contributed by atoms with Gasteiger partial charge in [0.25, 0.3) is 5.91 Å². The molecule has 0 unspecified atom stereocenters. The van der Waals surface area contributed by atoms with Gasteiger partial charge in [0.1, 0.15) is 11.5 Å². The average molecular weight is 366 g/mol. The number of hydrogen-bond donors (Lipinski definition) is 3. The molecule has 1 amide bonds. The van der Waals surface area contributed by atoms with Gasteiger partial charge in [-0.3, -0.25) is 10.1 Å². The van der Waals surface area contributed by atoms with E-state index in [1.54, 1.807) is 30.3 Å². The molecule has 3 N–H and O–H groups in total. The van der Waals surface area contributed by atoms with E-state index in [0.29, 0.717) is 11.4 Å². The molecule has 0 aliphatic rings. The van der Waals surface area contributed by atoms with Crippen molar-refractivity contribution in [2.24, 2.45) is 0 Å². The fourth-order valence-electron chi connectivity index (χ4n) is 2.41. The maximum Gasteiger partial charge on any atom is 0.293 e. The molecule has 0 atom stereocenters. The molecule has 5 nitrogen and oxygen atoms in total. The molecule has 132 valence electrons. The summed E-state index contributed by atoms with van der Waals surface area (Å²) in [6, 6.07) is 15.9. The van der Waals surface area contributed by atoms with Crippen LogP contribution in [0.25, 0.3) is 11.3 Å². The van der Waals surface area contributed by atoms with Gasteiger partial charge in [-0.15, -0.1) is 0 Å². The van der Waals surface area contributed by atoms with Gasteiger partial charge >= 0.3 is 0 Å². The van der Waals surface area contributed by atoms with E-state index in [4.69, 9.17) is 16.6 Å². The van der Waals surface area contributed by atoms with E-state index in [2.05, 4.69) is 10.6 Å². The Balaban J connectivity index is 1.69. The Bertz CT molecular complexity index is 979. The summed E-state index contributed by atoms with van der Waals surface area (Å²) in [5.41, 5.74) is 3.66. The van der Waals surface area contributed by atoms with Crippen LogP contribution in [-0.2, 0) is 0 Å². The number of rotatable bonds is 3. The van der Waals surface area contributed by atoms with E-state index in [-0.39, 0.29) is 16.6 Å². The highest BCUT2D eigenvalue weighted by Crippen LogP contribution is 2.25. The Morgan fingerprint density at radius 1 is 1.04 bits per heavy atom. The molecule has 3 rings (SSSR count). The minimum atomic E-state index is -0.465. The minimum absolute atomic E-state index is 0.0409. The Hall–Kier alpha value is -3.12. The number of amides is 1. The van der Waals surface area contributed by atoms with Gasteiger partial charge in [-0.1, -0.05) is 24.3 Å². The predicted octanol–water partition coefficient (Wildman–Crippen LogP) is 4.40. The molecule has 0 radical (unpaired) electrons. The Morgan fingerprint density at radius 2 is 1.81 bits per heavy atom. The lowest BCUT2D eigenvalue weighted by molar-refractivity contribution is 0.0951. The van der Waals surface area contributed by atoms with Crippen LogP contribution in [0.1, 0.15) is 21.7 Å². The van der Waals surface area contributed by atoms with Crippen LogP contribution >= 0.6 is 12.2 Å². The normalized spacial score (nSPS) is 10.4. The van der Waals surface area contributed by atoms with Crippen molar-refractivity contribution in [1.29, 1.82) is 0 Å². The largest absolute Gasteiger partial charge is 0.506 e. The molecule has 1 heterocycles. The zero-order valence-electron chi connectivity index (χ0n) is 14.4. The van der Waals surface area contributed by atoms with Crippen molar-refractivity contribution in [3.8, 4) is 17.1 Å². The third-order valence-corrected chi connectivity index (χ3v) is 4.20. The van der Waals surface area contributed by atoms with E-state index < -0.39 is 5.91 Å². The summed E-state index contributed by atoms with van der Waals surface area (Å²) in [7, 11) is 0. The van der Waals surface area contributed by atoms with Crippen molar-refractivity contribution in [3.05, 3.63) is 71.5 Å². The lowest BCUT2D eigenvalue weighted by atomic mass is 10.1. The zero-order valence-corrected chi connectivity index (χ0v) is 15.2. The van der Waals surface area contributed by atoms with Crippen LogP contribution in [0, 0.1) is 13.8 Å². The highest BCUT2D eigenvalue weighted by Gasteiger charge is 2.14. The lowest BCUT2D eigenvalue weighted by Gasteiger charge is -2.09. The van der Waals surface area contributed by atoms with Crippen LogP contribution in [0.2, 0.25) is 0 Å². The number of hydrogen-bond acceptors (Lipinski definition) is 4. The van der Waals surface area contributed by atoms with Gasteiger partial charge in [-0.05, 0) is 67.5 Å². The molecule has 0 aliphatic carbocycles. The van der Waals surface area contributed by atoms with Crippen LogP contribution in [0.3, 0.4) is 0 Å². The molecule has 2 aromatic carbocycles. The summed E-state index contributed by atoms with van der Waals surface area (Å²) >= 11 is 5.11. The Kier molecular flexibility index (Phi) is 5.04. The fourth-order valence-corrected chi connectivity index (χ4v) is 2.61. The second kappa shape index (κ2) is 7.41. The monoisotopic (exact) mass is 366 g/mol. The molecule has 0 bridgehead atoms. The molecule has 0 fully saturated rings. The van der Waals surface area contributed by atoms with E-state index in [1.807, 2.05) is 32.0 Å². The van der Waals surface area contributed by atoms with Gasteiger partial charge in [-0.25, -0.2) is 0 Å². The molecular formula is C20H18N2O3S. The van der Waals surface area contributed by atoms with Gasteiger partial charge in [0.15, 0.2) is 10.9 Å². The molecule has 0 aliphatic heterocycles. The molecule has 6 heteroatoms. The number of nitrogens with one attached hydrogen (secondary N) is 2. The summed E-state index contributed by atoms with van der Waals surface area (Å²) < 4.78 is 5.65. The number of thiocarbonyl (C=S) groups is 1. The number of phenols is 1. The standard InChI is InChI=1S/C20H18N2O3S/c1-12-7-8-14(11-13(12)2)17-9-10-18(25-17)19(24)22-20(26)21-15-5-3-4-6-16(15)23/h3-11,23H,1-2H3,(H2,21,22,24,26). The quantitative estimate of drug-likeness (QED) is 0.473. The number of benzene rings is 2. The molecule has 1 aromatic heterocycles. The smallest absolute Gasteiger partial charge is 0.293 e. The Morgan fingerprint density at radius 3 is 2.54 bits per heavy atom. The number of carbonyl (C=O) groups excluding carboxylic acids is 1. The number of anilines is 1. The van der Waals surface area contributed by atoms with Crippen molar-refractivity contribution in [1.82, 2.24) is 5.32 Å². The number of carbonyl (C=O) groups is 1. The van der Waals surface area contributed by atoms with Crippen LogP contribution in [-0.4, -0.2) is 16.1 Å². The molecule has 0 saturated carbocycles. The first-order chi connectivity index (χ1) is 12.4. The summed E-state index contributed by atoms with van der Waals surface area (Å²) in [4.78, 5) is 12.3. The number of phenolic OH excluding ortho intramolecular Hbond substituents is 1. The number of aromatic hydroxyl groups is 1.